The number of urea groups is 1. The number of amides is 3. The molecule has 0 aromatic heterocycles. The van der Waals surface area contributed by atoms with Crippen LogP contribution in [0.5, 0.6) is 0 Å². The van der Waals surface area contributed by atoms with Gasteiger partial charge in [0.25, 0.3) is 5.91 Å². The molecule has 1 N–H and O–H groups in total. The van der Waals surface area contributed by atoms with Gasteiger partial charge in [0.2, 0.25) is 0 Å². The zero-order chi connectivity index (χ0) is 20.8. The van der Waals surface area contributed by atoms with Crippen molar-refractivity contribution in [2.45, 2.75) is 38.1 Å². The number of hydrogen-bond donors (Lipinski definition) is 1. The van der Waals surface area contributed by atoms with Crippen LogP contribution in [0.4, 0.5) is 4.79 Å². The molecule has 0 bridgehead atoms. The second-order valence-electron chi connectivity index (χ2n) is 7.68. The minimum absolute atomic E-state index is 0.270. The fourth-order valence-electron chi connectivity index (χ4n) is 4.06. The van der Waals surface area contributed by atoms with Crippen LogP contribution >= 0.6 is 23.2 Å². The lowest BCUT2D eigenvalue weighted by Gasteiger charge is -2.23. The highest BCUT2D eigenvalue weighted by atomic mass is 35.5. The van der Waals surface area contributed by atoms with Gasteiger partial charge in [-0.2, -0.15) is 0 Å². The number of imide groups is 1. The number of aryl methyl sites for hydroxylation is 2. The standard InChI is InChI=1S/C22H20Cl2N2O3/c1-22(17-9-8-16(23)11-18(17)24)20(28)26(21(29)25-22)12-19(27)15-7-6-13-4-2-3-5-14(13)10-15/h6-11H,2-5,12H2,1H3,(H,25,29). The van der Waals surface area contributed by atoms with E-state index in [-0.39, 0.29) is 17.4 Å². The van der Waals surface area contributed by atoms with Crippen LogP contribution in [0.15, 0.2) is 36.4 Å². The minimum Gasteiger partial charge on any atom is -0.319 e. The Morgan fingerprint density at radius 3 is 2.52 bits per heavy atom. The van der Waals surface area contributed by atoms with Crippen molar-refractivity contribution >= 4 is 40.9 Å². The molecule has 0 saturated carbocycles. The highest BCUT2D eigenvalue weighted by Gasteiger charge is 2.50. The predicted molar refractivity (Wildman–Crippen MR) is 111 cm³/mol. The Morgan fingerprint density at radius 1 is 1.07 bits per heavy atom. The first-order valence-corrected chi connectivity index (χ1v) is 10.3. The van der Waals surface area contributed by atoms with E-state index in [1.165, 1.54) is 17.2 Å². The number of carbonyl (C=O) groups is 3. The van der Waals surface area contributed by atoms with E-state index in [9.17, 15) is 14.4 Å². The van der Waals surface area contributed by atoms with Gasteiger partial charge < -0.3 is 5.32 Å². The number of carbonyl (C=O) groups excluding carboxylic acids is 3. The molecule has 2 aromatic rings. The van der Waals surface area contributed by atoms with Crippen molar-refractivity contribution < 1.29 is 14.4 Å². The Balaban J connectivity index is 1.57. The lowest BCUT2D eigenvalue weighted by molar-refractivity contribution is -0.130. The van der Waals surface area contributed by atoms with E-state index in [1.807, 2.05) is 12.1 Å². The summed E-state index contributed by atoms with van der Waals surface area (Å²) in [6.45, 7) is 1.26. The molecule has 3 amide bonds. The van der Waals surface area contributed by atoms with Crippen LogP contribution in [0.25, 0.3) is 0 Å². The second kappa shape index (κ2) is 7.47. The Hall–Kier alpha value is -2.37. The molecule has 5 nitrogen and oxygen atoms in total. The molecule has 150 valence electrons. The summed E-state index contributed by atoms with van der Waals surface area (Å²) in [5, 5.41) is 3.37. The number of Topliss-reactive ketones (excluding diaryl/α,β-unsaturated/α-hetero) is 1. The summed E-state index contributed by atoms with van der Waals surface area (Å²) >= 11 is 12.2. The molecule has 2 aromatic carbocycles. The van der Waals surface area contributed by atoms with Gasteiger partial charge in [0.05, 0.1) is 6.54 Å². The molecular weight excluding hydrogens is 411 g/mol. The molecule has 0 spiro atoms. The number of nitrogens with zero attached hydrogens (tertiary/aromatic N) is 1. The van der Waals surface area contributed by atoms with E-state index < -0.39 is 17.5 Å². The molecule has 1 heterocycles. The molecule has 1 fully saturated rings. The molecule has 0 radical (unpaired) electrons. The zero-order valence-electron chi connectivity index (χ0n) is 15.9. The van der Waals surface area contributed by atoms with Gasteiger partial charge in [-0.25, -0.2) is 4.79 Å². The van der Waals surface area contributed by atoms with Crippen molar-refractivity contribution in [1.29, 1.82) is 0 Å². The number of ketones is 1. The fraction of sp³-hybridized carbons (Fsp3) is 0.318. The number of fused-ring (bicyclic) bond motifs is 1. The summed E-state index contributed by atoms with van der Waals surface area (Å²) in [7, 11) is 0. The number of benzene rings is 2. The Bertz CT molecular complexity index is 1040. The summed E-state index contributed by atoms with van der Waals surface area (Å²) in [6, 6.07) is 9.77. The quantitative estimate of drug-likeness (QED) is 0.572. The van der Waals surface area contributed by atoms with E-state index in [1.54, 1.807) is 25.1 Å². The number of hydrogen-bond acceptors (Lipinski definition) is 3. The topological polar surface area (TPSA) is 66.5 Å². The molecule has 2 aliphatic rings. The summed E-state index contributed by atoms with van der Waals surface area (Å²) in [6.07, 6.45) is 4.25. The first kappa shape index (κ1) is 19.9. The lowest BCUT2D eigenvalue weighted by atomic mass is 9.89. The maximum absolute atomic E-state index is 13.1. The van der Waals surface area contributed by atoms with E-state index >= 15 is 0 Å². The van der Waals surface area contributed by atoms with Gasteiger partial charge in [-0.05, 0) is 61.9 Å². The third-order valence-corrected chi connectivity index (χ3v) is 6.26. The summed E-state index contributed by atoms with van der Waals surface area (Å²) in [5.41, 5.74) is 2.05. The highest BCUT2D eigenvalue weighted by Crippen LogP contribution is 2.35. The summed E-state index contributed by atoms with van der Waals surface area (Å²) in [4.78, 5) is 39.4. The number of nitrogens with one attached hydrogen (secondary N) is 1. The van der Waals surface area contributed by atoms with Crippen LogP contribution in [0.2, 0.25) is 10.0 Å². The SMILES string of the molecule is CC1(c2ccc(Cl)cc2Cl)NC(=O)N(CC(=O)c2ccc3c(c2)CCCC3)C1=O. The van der Waals surface area contributed by atoms with Gasteiger partial charge in [0, 0.05) is 21.2 Å². The smallest absolute Gasteiger partial charge is 0.319 e. The molecule has 7 heteroatoms. The molecular formula is C22H20Cl2N2O3. The van der Waals surface area contributed by atoms with Gasteiger partial charge in [-0.3, -0.25) is 14.5 Å². The van der Waals surface area contributed by atoms with Gasteiger partial charge in [0.1, 0.15) is 5.54 Å². The van der Waals surface area contributed by atoms with Crippen molar-refractivity contribution in [3.8, 4) is 0 Å². The van der Waals surface area contributed by atoms with E-state index in [0.29, 0.717) is 16.1 Å². The number of rotatable bonds is 4. The highest BCUT2D eigenvalue weighted by molar-refractivity contribution is 6.35. The van der Waals surface area contributed by atoms with Gasteiger partial charge in [-0.15, -0.1) is 0 Å². The third kappa shape index (κ3) is 3.53. The van der Waals surface area contributed by atoms with Crippen LogP contribution in [-0.4, -0.2) is 29.2 Å². The molecule has 29 heavy (non-hydrogen) atoms. The van der Waals surface area contributed by atoms with Gasteiger partial charge in [0.15, 0.2) is 5.78 Å². The molecule has 1 unspecified atom stereocenters. The van der Waals surface area contributed by atoms with Crippen LogP contribution in [0, 0.1) is 0 Å². The van der Waals surface area contributed by atoms with Gasteiger partial charge in [-0.1, -0.05) is 41.4 Å². The first-order valence-electron chi connectivity index (χ1n) is 9.54. The first-order chi connectivity index (χ1) is 13.8. The average Bonchev–Trinajstić information content (AvgIpc) is 2.91. The van der Waals surface area contributed by atoms with Crippen LogP contribution < -0.4 is 5.32 Å². The van der Waals surface area contributed by atoms with Crippen molar-refractivity contribution in [2.24, 2.45) is 0 Å². The third-order valence-electron chi connectivity index (χ3n) is 5.72. The maximum atomic E-state index is 13.1. The average molecular weight is 431 g/mol. The second-order valence-corrected chi connectivity index (χ2v) is 8.53. The van der Waals surface area contributed by atoms with Crippen molar-refractivity contribution in [3.05, 3.63) is 68.7 Å². The Morgan fingerprint density at radius 2 is 1.79 bits per heavy atom. The van der Waals surface area contributed by atoms with Crippen molar-refractivity contribution in [1.82, 2.24) is 10.2 Å². The zero-order valence-corrected chi connectivity index (χ0v) is 17.4. The molecule has 1 saturated heterocycles. The monoisotopic (exact) mass is 430 g/mol. The molecule has 1 aliphatic heterocycles. The lowest BCUT2D eigenvalue weighted by Crippen LogP contribution is -2.41. The fourth-order valence-corrected chi connectivity index (χ4v) is 4.66. The minimum atomic E-state index is -1.35. The normalized spacial score (nSPS) is 21.1. The van der Waals surface area contributed by atoms with Gasteiger partial charge >= 0.3 is 6.03 Å². The number of halogens is 2. The summed E-state index contributed by atoms with van der Waals surface area (Å²) in [5.74, 6) is -0.786. The van der Waals surface area contributed by atoms with Crippen LogP contribution in [-0.2, 0) is 23.2 Å². The Labute approximate surface area is 179 Å². The molecule has 1 aliphatic carbocycles. The van der Waals surface area contributed by atoms with Crippen molar-refractivity contribution in [2.75, 3.05) is 6.54 Å². The maximum Gasteiger partial charge on any atom is 0.325 e. The Kier molecular flexibility index (Phi) is 5.13. The van der Waals surface area contributed by atoms with Crippen LogP contribution in [0.1, 0.15) is 46.8 Å². The predicted octanol–water partition coefficient (Wildman–Crippen LogP) is 4.52. The largest absolute Gasteiger partial charge is 0.325 e. The van der Waals surface area contributed by atoms with Crippen LogP contribution in [0.3, 0.4) is 0 Å². The van der Waals surface area contributed by atoms with E-state index in [2.05, 4.69) is 5.32 Å². The van der Waals surface area contributed by atoms with E-state index in [4.69, 9.17) is 23.2 Å². The molecule has 4 rings (SSSR count). The molecule has 1 atom stereocenters. The van der Waals surface area contributed by atoms with Crippen molar-refractivity contribution in [3.63, 3.8) is 0 Å². The summed E-state index contributed by atoms with van der Waals surface area (Å²) < 4.78 is 0. The van der Waals surface area contributed by atoms with E-state index in [0.717, 1.165) is 30.6 Å².